The van der Waals surface area contributed by atoms with Crippen molar-refractivity contribution >= 4 is 17.4 Å². The van der Waals surface area contributed by atoms with Gasteiger partial charge in [0.25, 0.3) is 0 Å². The van der Waals surface area contributed by atoms with E-state index in [-0.39, 0.29) is 11.8 Å². The van der Waals surface area contributed by atoms with Crippen LogP contribution in [0, 0.1) is 12.8 Å². The predicted octanol–water partition coefficient (Wildman–Crippen LogP) is 5.39. The molecule has 4 nitrogen and oxygen atoms in total. The molecule has 2 heterocycles. The lowest BCUT2D eigenvalue weighted by atomic mass is 9.94. The molecule has 1 amide bonds. The van der Waals surface area contributed by atoms with Crippen molar-refractivity contribution in [1.29, 1.82) is 0 Å². The fourth-order valence-corrected chi connectivity index (χ4v) is 3.68. The summed E-state index contributed by atoms with van der Waals surface area (Å²) in [4.78, 5) is 18.7. The number of nitrogens with zero attached hydrogens (tertiary/aromatic N) is 2. The van der Waals surface area contributed by atoms with Crippen LogP contribution >= 0.6 is 0 Å². The van der Waals surface area contributed by atoms with E-state index >= 15 is 0 Å². The monoisotopic (exact) mass is 405 g/mol. The predicted molar refractivity (Wildman–Crippen MR) is 108 cm³/mol. The van der Waals surface area contributed by atoms with Crippen LogP contribution in [-0.2, 0) is 11.0 Å². The zero-order valence-electron chi connectivity index (χ0n) is 16.9. The highest BCUT2D eigenvalue weighted by atomic mass is 19.4. The minimum atomic E-state index is -4.39. The molecular formula is C22H26F3N3O. The van der Waals surface area contributed by atoms with Gasteiger partial charge in [0, 0.05) is 30.9 Å². The van der Waals surface area contributed by atoms with E-state index in [1.807, 2.05) is 30.0 Å². The molecule has 29 heavy (non-hydrogen) atoms. The Morgan fingerprint density at radius 3 is 2.41 bits per heavy atom. The molecule has 0 bridgehead atoms. The number of rotatable bonds is 4. The second-order valence-electron chi connectivity index (χ2n) is 7.85. The molecule has 1 saturated heterocycles. The van der Waals surface area contributed by atoms with E-state index in [1.54, 1.807) is 0 Å². The number of alkyl halides is 3. The quantitative estimate of drug-likeness (QED) is 0.742. The van der Waals surface area contributed by atoms with Gasteiger partial charge in [0.15, 0.2) is 0 Å². The molecule has 0 aliphatic carbocycles. The van der Waals surface area contributed by atoms with Crippen molar-refractivity contribution in [1.82, 2.24) is 4.98 Å². The average molecular weight is 405 g/mol. The number of carbonyl (C=O) groups excluding carboxylic acids is 1. The molecule has 3 rings (SSSR count). The average Bonchev–Trinajstić information content (AvgIpc) is 2.69. The van der Waals surface area contributed by atoms with Gasteiger partial charge in [-0.3, -0.25) is 4.79 Å². The van der Waals surface area contributed by atoms with Crippen LogP contribution in [0.4, 0.5) is 24.7 Å². The van der Waals surface area contributed by atoms with Gasteiger partial charge in [-0.2, -0.15) is 13.2 Å². The third-order valence-electron chi connectivity index (χ3n) is 5.44. The second-order valence-corrected chi connectivity index (χ2v) is 7.85. The minimum absolute atomic E-state index is 0.00114. The maximum absolute atomic E-state index is 12.8. The Morgan fingerprint density at radius 2 is 1.86 bits per heavy atom. The van der Waals surface area contributed by atoms with Crippen molar-refractivity contribution in [2.24, 2.45) is 5.92 Å². The molecule has 1 aromatic carbocycles. The van der Waals surface area contributed by atoms with Crippen molar-refractivity contribution < 1.29 is 18.0 Å². The molecule has 0 spiro atoms. The van der Waals surface area contributed by atoms with Gasteiger partial charge in [-0.15, -0.1) is 0 Å². The topological polar surface area (TPSA) is 45.2 Å². The van der Waals surface area contributed by atoms with E-state index in [1.165, 1.54) is 6.07 Å². The molecule has 1 aromatic heterocycles. The van der Waals surface area contributed by atoms with Gasteiger partial charge in [-0.25, -0.2) is 4.98 Å². The maximum Gasteiger partial charge on any atom is 0.417 e. The zero-order chi connectivity index (χ0) is 21.2. The Bertz CT molecular complexity index is 855. The molecule has 1 N–H and O–H groups in total. The molecule has 7 heteroatoms. The summed E-state index contributed by atoms with van der Waals surface area (Å²) < 4.78 is 38.1. The Labute approximate surface area is 169 Å². The Balaban J connectivity index is 1.62. The number of piperidine rings is 1. The van der Waals surface area contributed by atoms with E-state index in [9.17, 15) is 18.0 Å². The molecule has 0 atom stereocenters. The van der Waals surface area contributed by atoms with Crippen LogP contribution in [0.3, 0.4) is 0 Å². The fraction of sp³-hybridized carbons (Fsp3) is 0.455. The van der Waals surface area contributed by atoms with Crippen LogP contribution in [0.15, 0.2) is 36.5 Å². The van der Waals surface area contributed by atoms with Crippen molar-refractivity contribution in [3.8, 4) is 0 Å². The summed E-state index contributed by atoms with van der Waals surface area (Å²) in [6.07, 6.45) is -2.25. The Morgan fingerprint density at radius 1 is 1.17 bits per heavy atom. The molecule has 0 saturated carbocycles. The number of carbonyl (C=O) groups is 1. The number of pyridine rings is 1. The largest absolute Gasteiger partial charge is 0.417 e. The van der Waals surface area contributed by atoms with Crippen molar-refractivity contribution in [3.63, 3.8) is 0 Å². The van der Waals surface area contributed by atoms with E-state index in [2.05, 4.69) is 24.1 Å². The van der Waals surface area contributed by atoms with Crippen molar-refractivity contribution in [2.75, 3.05) is 23.3 Å². The van der Waals surface area contributed by atoms with Crippen molar-refractivity contribution in [2.45, 2.75) is 45.7 Å². The van der Waals surface area contributed by atoms with Crippen LogP contribution in [-0.4, -0.2) is 24.0 Å². The van der Waals surface area contributed by atoms with E-state index in [4.69, 9.17) is 0 Å². The summed E-state index contributed by atoms with van der Waals surface area (Å²) >= 11 is 0. The van der Waals surface area contributed by atoms with Crippen LogP contribution in [0.5, 0.6) is 0 Å². The lowest BCUT2D eigenvalue weighted by Gasteiger charge is -2.32. The van der Waals surface area contributed by atoms with E-state index < -0.39 is 11.7 Å². The molecular weight excluding hydrogens is 379 g/mol. The zero-order valence-corrected chi connectivity index (χ0v) is 16.9. The molecule has 2 aromatic rings. The van der Waals surface area contributed by atoms with Gasteiger partial charge in [-0.1, -0.05) is 32.0 Å². The first kappa shape index (κ1) is 21.1. The highest BCUT2D eigenvalue weighted by Crippen LogP contribution is 2.31. The summed E-state index contributed by atoms with van der Waals surface area (Å²) in [6, 6.07) is 8.46. The van der Waals surface area contributed by atoms with Crippen LogP contribution in [0.25, 0.3) is 0 Å². The SMILES string of the molecule is Cc1cccc(C(C)C)c1NC(=O)C1CCN(c2ccc(C(F)(F)F)cn2)CC1. The highest BCUT2D eigenvalue weighted by Gasteiger charge is 2.31. The molecule has 0 radical (unpaired) electrons. The first-order valence-corrected chi connectivity index (χ1v) is 9.85. The summed E-state index contributed by atoms with van der Waals surface area (Å²) in [5, 5.41) is 3.11. The number of halogens is 3. The number of aryl methyl sites for hydroxylation is 1. The molecule has 0 unspecified atom stereocenters. The summed E-state index contributed by atoms with van der Waals surface area (Å²) in [5.74, 6) is 0.692. The summed E-state index contributed by atoms with van der Waals surface area (Å²) in [5.41, 5.74) is 2.29. The summed E-state index contributed by atoms with van der Waals surface area (Å²) in [6.45, 7) is 7.35. The molecule has 156 valence electrons. The number of benzene rings is 1. The second kappa shape index (κ2) is 8.43. The smallest absolute Gasteiger partial charge is 0.357 e. The number of hydrogen-bond donors (Lipinski definition) is 1. The Kier molecular flexibility index (Phi) is 6.15. The van der Waals surface area contributed by atoms with Crippen molar-refractivity contribution in [3.05, 3.63) is 53.2 Å². The normalized spacial score (nSPS) is 15.6. The summed E-state index contributed by atoms with van der Waals surface area (Å²) in [7, 11) is 0. The standard InChI is InChI=1S/C22H26F3N3O/c1-14(2)18-6-4-5-15(3)20(18)27-21(29)16-9-11-28(12-10-16)19-8-7-17(13-26-19)22(23,24)25/h4-8,13-14,16H,9-12H2,1-3H3,(H,27,29). The third kappa shape index (κ3) is 4.89. The lowest BCUT2D eigenvalue weighted by molar-refractivity contribution is -0.137. The van der Waals surface area contributed by atoms with Gasteiger partial charge in [0.05, 0.1) is 5.56 Å². The van der Waals surface area contributed by atoms with Gasteiger partial charge < -0.3 is 10.2 Å². The van der Waals surface area contributed by atoms with E-state index in [0.717, 1.165) is 29.1 Å². The third-order valence-corrected chi connectivity index (χ3v) is 5.44. The van der Waals surface area contributed by atoms with Gasteiger partial charge >= 0.3 is 6.18 Å². The molecule has 1 aliphatic rings. The highest BCUT2D eigenvalue weighted by molar-refractivity contribution is 5.94. The van der Waals surface area contributed by atoms with Crippen LogP contribution in [0.2, 0.25) is 0 Å². The number of amides is 1. The maximum atomic E-state index is 12.8. The number of para-hydroxylation sites is 1. The first-order chi connectivity index (χ1) is 13.7. The molecule has 1 fully saturated rings. The first-order valence-electron chi connectivity index (χ1n) is 9.85. The number of anilines is 2. The Hall–Kier alpha value is -2.57. The van der Waals surface area contributed by atoms with Gasteiger partial charge in [-0.05, 0) is 48.9 Å². The minimum Gasteiger partial charge on any atom is -0.357 e. The van der Waals surface area contributed by atoms with Gasteiger partial charge in [0.1, 0.15) is 5.82 Å². The van der Waals surface area contributed by atoms with Crippen LogP contribution in [0.1, 0.15) is 49.3 Å². The molecule has 1 aliphatic heterocycles. The van der Waals surface area contributed by atoms with Crippen LogP contribution < -0.4 is 10.2 Å². The fourth-order valence-electron chi connectivity index (χ4n) is 3.68. The number of nitrogens with one attached hydrogen (secondary N) is 1. The number of aromatic nitrogens is 1. The lowest BCUT2D eigenvalue weighted by Crippen LogP contribution is -2.38. The van der Waals surface area contributed by atoms with Gasteiger partial charge in [0.2, 0.25) is 5.91 Å². The van der Waals surface area contributed by atoms with E-state index in [0.29, 0.717) is 37.7 Å². The number of hydrogen-bond acceptors (Lipinski definition) is 3.